The third-order valence-corrected chi connectivity index (χ3v) is 3.74. The van der Waals surface area contributed by atoms with Crippen LogP contribution in [0.5, 0.6) is 5.75 Å². The van der Waals surface area contributed by atoms with E-state index in [4.69, 9.17) is 15.0 Å². The average Bonchev–Trinajstić information content (AvgIpc) is 3.10. The second kappa shape index (κ2) is 5.54. The van der Waals surface area contributed by atoms with E-state index in [1.807, 2.05) is 24.3 Å². The number of benzene rings is 1. The molecule has 1 saturated heterocycles. The third kappa shape index (κ3) is 2.49. The molecule has 1 aromatic heterocycles. The third-order valence-electron chi connectivity index (χ3n) is 3.74. The first-order valence-electron chi connectivity index (χ1n) is 6.88. The van der Waals surface area contributed by atoms with Crippen molar-refractivity contribution in [1.29, 1.82) is 0 Å². The molecular weight excluding hydrogens is 254 g/mol. The molecule has 1 aromatic carbocycles. The van der Waals surface area contributed by atoms with Crippen LogP contribution in [0.2, 0.25) is 0 Å². The molecule has 5 nitrogen and oxygen atoms in total. The van der Waals surface area contributed by atoms with Crippen molar-refractivity contribution in [3.05, 3.63) is 30.0 Å². The molecule has 2 N–H and O–H groups in total. The Morgan fingerprint density at radius 2 is 1.95 bits per heavy atom. The predicted octanol–water partition coefficient (Wildman–Crippen LogP) is 2.53. The van der Waals surface area contributed by atoms with Gasteiger partial charge in [0.2, 0.25) is 5.88 Å². The minimum absolute atomic E-state index is 0.379. The molecule has 0 spiro atoms. The fourth-order valence-electron chi connectivity index (χ4n) is 2.66. The topological polar surface area (TPSA) is 64.5 Å². The van der Waals surface area contributed by atoms with Gasteiger partial charge in [-0.15, -0.1) is 0 Å². The summed E-state index contributed by atoms with van der Waals surface area (Å²) in [6.07, 6.45) is 2.51. The number of rotatable bonds is 4. The van der Waals surface area contributed by atoms with Gasteiger partial charge < -0.3 is 15.0 Å². The van der Waals surface area contributed by atoms with Gasteiger partial charge in [-0.3, -0.25) is 4.90 Å². The van der Waals surface area contributed by atoms with Gasteiger partial charge in [-0.2, -0.15) is 0 Å². The summed E-state index contributed by atoms with van der Waals surface area (Å²) in [4.78, 5) is 2.38. The molecule has 1 aliphatic rings. The molecule has 1 fully saturated rings. The number of nitrogens with zero attached hydrogens (tertiary/aromatic N) is 2. The van der Waals surface area contributed by atoms with Crippen molar-refractivity contribution in [2.24, 2.45) is 0 Å². The summed E-state index contributed by atoms with van der Waals surface area (Å²) >= 11 is 0. The average molecular weight is 273 g/mol. The largest absolute Gasteiger partial charge is 0.497 e. The molecule has 0 unspecified atom stereocenters. The van der Waals surface area contributed by atoms with Crippen LogP contribution in [-0.4, -0.2) is 30.3 Å². The Hall–Kier alpha value is -2.01. The molecule has 0 atom stereocenters. The van der Waals surface area contributed by atoms with Crippen molar-refractivity contribution in [3.8, 4) is 16.9 Å². The number of nitrogen functional groups attached to an aromatic ring is 1. The maximum atomic E-state index is 5.94. The summed E-state index contributed by atoms with van der Waals surface area (Å²) in [6, 6.07) is 7.80. The smallest absolute Gasteiger partial charge is 0.230 e. The molecule has 0 amide bonds. The van der Waals surface area contributed by atoms with Crippen LogP contribution in [0.15, 0.2) is 28.8 Å². The van der Waals surface area contributed by atoms with E-state index >= 15 is 0 Å². The lowest BCUT2D eigenvalue weighted by molar-refractivity contribution is 0.315. The Morgan fingerprint density at radius 1 is 1.25 bits per heavy atom. The van der Waals surface area contributed by atoms with Crippen molar-refractivity contribution >= 4 is 5.88 Å². The number of likely N-dealkylation sites (tertiary alicyclic amines) is 1. The summed E-state index contributed by atoms with van der Waals surface area (Å²) in [6.45, 7) is 3.03. The van der Waals surface area contributed by atoms with E-state index < -0.39 is 0 Å². The first kappa shape index (κ1) is 13.0. The van der Waals surface area contributed by atoms with Crippen molar-refractivity contribution in [3.63, 3.8) is 0 Å². The van der Waals surface area contributed by atoms with Crippen LogP contribution in [0.3, 0.4) is 0 Å². The molecule has 0 radical (unpaired) electrons. The second-order valence-electron chi connectivity index (χ2n) is 5.08. The fourth-order valence-corrected chi connectivity index (χ4v) is 2.66. The van der Waals surface area contributed by atoms with Gasteiger partial charge in [0.1, 0.15) is 11.4 Å². The Morgan fingerprint density at radius 3 is 2.60 bits per heavy atom. The van der Waals surface area contributed by atoms with Gasteiger partial charge in [0.05, 0.1) is 12.7 Å². The Bertz CT molecular complexity index is 571. The highest BCUT2D eigenvalue weighted by Gasteiger charge is 2.20. The van der Waals surface area contributed by atoms with Crippen molar-refractivity contribution < 1.29 is 9.26 Å². The highest BCUT2D eigenvalue weighted by molar-refractivity contribution is 5.75. The monoisotopic (exact) mass is 273 g/mol. The van der Waals surface area contributed by atoms with Gasteiger partial charge in [-0.05, 0) is 43.6 Å². The zero-order chi connectivity index (χ0) is 13.9. The van der Waals surface area contributed by atoms with Crippen LogP contribution in [0.1, 0.15) is 18.5 Å². The summed E-state index contributed by atoms with van der Waals surface area (Å²) < 4.78 is 10.4. The van der Waals surface area contributed by atoms with E-state index in [-0.39, 0.29) is 0 Å². The molecule has 20 heavy (non-hydrogen) atoms. The van der Waals surface area contributed by atoms with E-state index in [2.05, 4.69) is 10.1 Å². The molecule has 0 bridgehead atoms. The number of aromatic nitrogens is 1. The predicted molar refractivity (Wildman–Crippen MR) is 77.4 cm³/mol. The van der Waals surface area contributed by atoms with Crippen LogP contribution in [0, 0.1) is 0 Å². The summed E-state index contributed by atoms with van der Waals surface area (Å²) in [5.74, 6) is 1.20. The number of hydrogen-bond acceptors (Lipinski definition) is 5. The number of methoxy groups -OCH3 is 1. The Labute approximate surface area is 118 Å². The molecule has 5 heteroatoms. The molecular formula is C15H19N3O2. The van der Waals surface area contributed by atoms with Crippen LogP contribution in [-0.2, 0) is 6.54 Å². The number of anilines is 1. The first-order chi connectivity index (χ1) is 9.78. The molecule has 3 rings (SSSR count). The lowest BCUT2D eigenvalue weighted by Crippen LogP contribution is -2.19. The van der Waals surface area contributed by atoms with E-state index in [1.54, 1.807) is 7.11 Å². The maximum Gasteiger partial charge on any atom is 0.230 e. The van der Waals surface area contributed by atoms with Gasteiger partial charge in [0.25, 0.3) is 0 Å². The summed E-state index contributed by atoms with van der Waals surface area (Å²) in [5, 5.41) is 4.13. The van der Waals surface area contributed by atoms with Crippen LogP contribution >= 0.6 is 0 Å². The van der Waals surface area contributed by atoms with E-state index in [1.165, 1.54) is 12.8 Å². The highest BCUT2D eigenvalue weighted by atomic mass is 16.5. The quantitative estimate of drug-likeness (QED) is 0.927. The molecule has 1 aliphatic heterocycles. The highest BCUT2D eigenvalue weighted by Crippen LogP contribution is 2.32. The van der Waals surface area contributed by atoms with Crippen molar-refractivity contribution in [1.82, 2.24) is 10.1 Å². The van der Waals surface area contributed by atoms with Gasteiger partial charge in [0.15, 0.2) is 0 Å². The fraction of sp³-hybridized carbons (Fsp3) is 0.400. The van der Waals surface area contributed by atoms with Crippen LogP contribution < -0.4 is 10.5 Å². The zero-order valence-corrected chi connectivity index (χ0v) is 11.6. The molecule has 2 heterocycles. The molecule has 106 valence electrons. The van der Waals surface area contributed by atoms with Crippen molar-refractivity contribution in [2.45, 2.75) is 19.4 Å². The van der Waals surface area contributed by atoms with Gasteiger partial charge in [0, 0.05) is 6.54 Å². The molecule has 0 aliphatic carbocycles. The van der Waals surface area contributed by atoms with Gasteiger partial charge in [-0.1, -0.05) is 17.3 Å². The SMILES string of the molecule is COc1ccc(-c2c(CN3CCCC3)noc2N)cc1. The second-order valence-corrected chi connectivity index (χ2v) is 5.08. The van der Waals surface area contributed by atoms with E-state index in [9.17, 15) is 0 Å². The first-order valence-corrected chi connectivity index (χ1v) is 6.88. The van der Waals surface area contributed by atoms with Crippen LogP contribution in [0.4, 0.5) is 5.88 Å². The molecule has 0 saturated carbocycles. The van der Waals surface area contributed by atoms with E-state index in [0.29, 0.717) is 5.88 Å². The standard InChI is InChI=1S/C15H19N3O2/c1-19-12-6-4-11(5-7-12)14-13(17-20-15(14)16)10-18-8-2-3-9-18/h4-7H,2-3,8-10,16H2,1H3. The van der Waals surface area contributed by atoms with Crippen molar-refractivity contribution in [2.75, 3.05) is 25.9 Å². The van der Waals surface area contributed by atoms with Crippen LogP contribution in [0.25, 0.3) is 11.1 Å². The normalized spacial score (nSPS) is 15.7. The maximum absolute atomic E-state index is 5.94. The lowest BCUT2D eigenvalue weighted by atomic mass is 10.1. The summed E-state index contributed by atoms with van der Waals surface area (Å²) in [7, 11) is 1.65. The Balaban J connectivity index is 1.88. The molecule has 2 aromatic rings. The minimum atomic E-state index is 0.379. The summed E-state index contributed by atoms with van der Waals surface area (Å²) in [5.41, 5.74) is 8.77. The zero-order valence-electron chi connectivity index (χ0n) is 11.6. The van der Waals surface area contributed by atoms with Gasteiger partial charge in [-0.25, -0.2) is 0 Å². The number of hydrogen-bond donors (Lipinski definition) is 1. The van der Waals surface area contributed by atoms with Gasteiger partial charge >= 0.3 is 0 Å². The number of ether oxygens (including phenoxy) is 1. The number of nitrogens with two attached hydrogens (primary N) is 1. The minimum Gasteiger partial charge on any atom is -0.497 e. The lowest BCUT2D eigenvalue weighted by Gasteiger charge is -2.13. The Kier molecular flexibility index (Phi) is 3.60. The van der Waals surface area contributed by atoms with E-state index in [0.717, 1.165) is 42.2 Å².